The van der Waals surface area contributed by atoms with E-state index in [-0.39, 0.29) is 11.9 Å². The summed E-state index contributed by atoms with van der Waals surface area (Å²) in [6.07, 6.45) is 1.83. The molecule has 2 saturated heterocycles. The highest BCUT2D eigenvalue weighted by atomic mass is 16.5. The van der Waals surface area contributed by atoms with Crippen molar-refractivity contribution in [3.8, 4) is 6.07 Å². The monoisotopic (exact) mass is 290 g/mol. The highest BCUT2D eigenvalue weighted by molar-refractivity contribution is 5.40. The zero-order chi connectivity index (χ0) is 14.5. The number of ether oxygens (including phenoxy) is 2. The smallest absolute Gasteiger partial charge is 0.238 e. The average Bonchev–Trinajstić information content (AvgIpc) is 2.56. The number of nitrogens with one attached hydrogen (secondary N) is 1. The number of nitrogens with zero attached hydrogens (tertiary/aromatic N) is 5. The number of hydrogen-bond acceptors (Lipinski definition) is 8. The van der Waals surface area contributed by atoms with Gasteiger partial charge < -0.3 is 19.7 Å². The summed E-state index contributed by atoms with van der Waals surface area (Å²) in [4.78, 5) is 14.8. The van der Waals surface area contributed by atoms with Gasteiger partial charge in [-0.2, -0.15) is 20.2 Å². The Kier molecular flexibility index (Phi) is 4.43. The van der Waals surface area contributed by atoms with Crippen molar-refractivity contribution in [2.24, 2.45) is 0 Å². The second kappa shape index (κ2) is 6.65. The molecular weight excluding hydrogens is 272 g/mol. The minimum absolute atomic E-state index is 0.140. The standard InChI is InChI=1S/C13H18N6O2/c14-9-11-16-12(15-10-1-5-20-6-2-10)18-13(17-11)19-3-7-21-8-4-19/h10H,1-8H2,(H,15,16,17,18). The van der Waals surface area contributed by atoms with E-state index in [1.807, 2.05) is 11.0 Å². The molecule has 0 unspecified atom stereocenters. The second-order valence-electron chi connectivity index (χ2n) is 5.02. The van der Waals surface area contributed by atoms with Gasteiger partial charge in [0.05, 0.1) is 13.2 Å². The minimum atomic E-state index is 0.140. The fourth-order valence-electron chi connectivity index (χ4n) is 2.41. The van der Waals surface area contributed by atoms with Gasteiger partial charge in [-0.15, -0.1) is 0 Å². The highest BCUT2D eigenvalue weighted by Crippen LogP contribution is 2.16. The van der Waals surface area contributed by atoms with Gasteiger partial charge in [-0.05, 0) is 12.8 Å². The van der Waals surface area contributed by atoms with Crippen LogP contribution >= 0.6 is 0 Å². The van der Waals surface area contributed by atoms with Crippen molar-refractivity contribution in [2.75, 3.05) is 49.7 Å². The van der Waals surface area contributed by atoms with Gasteiger partial charge in [0.25, 0.3) is 0 Å². The molecule has 0 aromatic carbocycles. The highest BCUT2D eigenvalue weighted by Gasteiger charge is 2.19. The molecule has 0 amide bonds. The van der Waals surface area contributed by atoms with E-state index in [0.29, 0.717) is 25.1 Å². The maximum atomic E-state index is 9.10. The van der Waals surface area contributed by atoms with Crippen LogP contribution in [-0.4, -0.2) is 60.5 Å². The Balaban J connectivity index is 1.77. The van der Waals surface area contributed by atoms with Crippen molar-refractivity contribution in [1.29, 1.82) is 5.26 Å². The van der Waals surface area contributed by atoms with E-state index < -0.39 is 0 Å². The topological polar surface area (TPSA) is 96.2 Å². The van der Waals surface area contributed by atoms with Gasteiger partial charge in [0.1, 0.15) is 6.07 Å². The predicted octanol–water partition coefficient (Wildman–Crippen LogP) is 0.171. The van der Waals surface area contributed by atoms with E-state index in [9.17, 15) is 0 Å². The quantitative estimate of drug-likeness (QED) is 0.841. The molecule has 1 aromatic heterocycles. The normalized spacial score (nSPS) is 20.0. The molecule has 0 bridgehead atoms. The lowest BCUT2D eigenvalue weighted by atomic mass is 10.1. The second-order valence-corrected chi connectivity index (χ2v) is 5.02. The van der Waals surface area contributed by atoms with Crippen LogP contribution in [0.1, 0.15) is 18.7 Å². The lowest BCUT2D eigenvalue weighted by Crippen LogP contribution is -2.38. The van der Waals surface area contributed by atoms with Gasteiger partial charge in [0, 0.05) is 32.3 Å². The third-order valence-electron chi connectivity index (χ3n) is 3.57. The molecule has 3 rings (SSSR count). The fraction of sp³-hybridized carbons (Fsp3) is 0.692. The first kappa shape index (κ1) is 14.0. The molecule has 0 radical (unpaired) electrons. The summed E-state index contributed by atoms with van der Waals surface area (Å²) in [5.41, 5.74) is 0. The Morgan fingerprint density at radius 1 is 1.05 bits per heavy atom. The summed E-state index contributed by atoms with van der Waals surface area (Å²) in [6, 6.07) is 2.28. The number of aromatic nitrogens is 3. The molecular formula is C13H18N6O2. The summed E-state index contributed by atoms with van der Waals surface area (Å²) < 4.78 is 10.7. The van der Waals surface area contributed by atoms with Crippen LogP contribution in [0.4, 0.5) is 11.9 Å². The SMILES string of the molecule is N#Cc1nc(NC2CCOCC2)nc(N2CCOCC2)n1. The number of rotatable bonds is 3. The molecule has 0 spiro atoms. The zero-order valence-electron chi connectivity index (χ0n) is 11.8. The van der Waals surface area contributed by atoms with Crippen LogP contribution in [0, 0.1) is 11.3 Å². The zero-order valence-corrected chi connectivity index (χ0v) is 11.8. The molecule has 1 N–H and O–H groups in total. The maximum absolute atomic E-state index is 9.10. The molecule has 1 aromatic rings. The van der Waals surface area contributed by atoms with Gasteiger partial charge in [0.2, 0.25) is 17.7 Å². The Bertz CT molecular complexity index is 520. The minimum Gasteiger partial charge on any atom is -0.381 e. The summed E-state index contributed by atoms with van der Waals surface area (Å²) in [7, 11) is 0. The molecule has 112 valence electrons. The first-order valence-electron chi connectivity index (χ1n) is 7.18. The molecule has 2 aliphatic rings. The van der Waals surface area contributed by atoms with E-state index in [1.54, 1.807) is 0 Å². The van der Waals surface area contributed by atoms with Gasteiger partial charge >= 0.3 is 0 Å². The molecule has 21 heavy (non-hydrogen) atoms. The molecule has 3 heterocycles. The first-order valence-corrected chi connectivity index (χ1v) is 7.18. The summed E-state index contributed by atoms with van der Waals surface area (Å²) >= 11 is 0. The van der Waals surface area contributed by atoms with Crippen molar-refractivity contribution < 1.29 is 9.47 Å². The summed E-state index contributed by atoms with van der Waals surface area (Å²) in [6.45, 7) is 4.23. The number of nitriles is 1. The molecule has 2 fully saturated rings. The van der Waals surface area contributed by atoms with Crippen LogP contribution in [0.15, 0.2) is 0 Å². The van der Waals surface area contributed by atoms with Gasteiger partial charge in [-0.25, -0.2) is 0 Å². The van der Waals surface area contributed by atoms with Crippen molar-refractivity contribution >= 4 is 11.9 Å². The first-order chi connectivity index (χ1) is 10.3. The van der Waals surface area contributed by atoms with Gasteiger partial charge in [0.15, 0.2) is 0 Å². The summed E-state index contributed by atoms with van der Waals surface area (Å²) in [5.74, 6) is 1.15. The van der Waals surface area contributed by atoms with Crippen molar-refractivity contribution in [3.05, 3.63) is 5.82 Å². The van der Waals surface area contributed by atoms with Crippen LogP contribution in [-0.2, 0) is 9.47 Å². The average molecular weight is 290 g/mol. The lowest BCUT2D eigenvalue weighted by Gasteiger charge is -2.27. The van der Waals surface area contributed by atoms with E-state index in [0.717, 1.165) is 39.1 Å². The van der Waals surface area contributed by atoms with E-state index in [1.165, 1.54) is 0 Å². The molecule has 0 aliphatic carbocycles. The van der Waals surface area contributed by atoms with Crippen LogP contribution in [0.5, 0.6) is 0 Å². The van der Waals surface area contributed by atoms with Crippen LogP contribution in [0.25, 0.3) is 0 Å². The lowest BCUT2D eigenvalue weighted by molar-refractivity contribution is 0.0903. The van der Waals surface area contributed by atoms with Crippen molar-refractivity contribution in [1.82, 2.24) is 15.0 Å². The predicted molar refractivity (Wildman–Crippen MR) is 75.0 cm³/mol. The molecule has 2 aliphatic heterocycles. The summed E-state index contributed by atoms with van der Waals surface area (Å²) in [5, 5.41) is 12.4. The Labute approximate surface area is 123 Å². The molecule has 0 atom stereocenters. The Morgan fingerprint density at radius 2 is 1.76 bits per heavy atom. The van der Waals surface area contributed by atoms with Crippen molar-refractivity contribution in [2.45, 2.75) is 18.9 Å². The third-order valence-corrected chi connectivity index (χ3v) is 3.57. The Hall–Kier alpha value is -1.98. The van der Waals surface area contributed by atoms with Crippen LogP contribution < -0.4 is 10.2 Å². The van der Waals surface area contributed by atoms with E-state index >= 15 is 0 Å². The third kappa shape index (κ3) is 3.56. The maximum Gasteiger partial charge on any atom is 0.238 e. The molecule has 8 nitrogen and oxygen atoms in total. The number of anilines is 2. The van der Waals surface area contributed by atoms with Crippen molar-refractivity contribution in [3.63, 3.8) is 0 Å². The van der Waals surface area contributed by atoms with Gasteiger partial charge in [-0.3, -0.25) is 0 Å². The molecule has 8 heteroatoms. The van der Waals surface area contributed by atoms with Crippen LogP contribution in [0.3, 0.4) is 0 Å². The fourth-order valence-corrected chi connectivity index (χ4v) is 2.41. The van der Waals surface area contributed by atoms with Gasteiger partial charge in [-0.1, -0.05) is 0 Å². The number of morpholine rings is 1. The molecule has 0 saturated carbocycles. The van der Waals surface area contributed by atoms with E-state index in [4.69, 9.17) is 14.7 Å². The van der Waals surface area contributed by atoms with E-state index in [2.05, 4.69) is 20.3 Å². The largest absolute Gasteiger partial charge is 0.381 e. The van der Waals surface area contributed by atoms with Crippen LogP contribution in [0.2, 0.25) is 0 Å². The Morgan fingerprint density at radius 3 is 2.48 bits per heavy atom. The number of hydrogen-bond donors (Lipinski definition) is 1.